The highest BCUT2D eigenvalue weighted by Crippen LogP contribution is 2.21. The Kier molecular flexibility index (Phi) is 4.33. The van der Waals surface area contributed by atoms with Crippen LogP contribution in [0.1, 0.15) is 23.4 Å². The number of halogens is 2. The molecule has 3 nitrogen and oxygen atoms in total. The van der Waals surface area contributed by atoms with Crippen LogP contribution in [-0.2, 0) is 6.42 Å². The molecule has 2 rings (SSSR count). The monoisotopic (exact) mass is 269 g/mol. The molecule has 0 aliphatic rings. The number of nitrogens with zero attached hydrogens (tertiary/aromatic N) is 2. The summed E-state index contributed by atoms with van der Waals surface area (Å²) in [5, 5.41) is 7.07. The van der Waals surface area contributed by atoms with Crippen molar-refractivity contribution >= 4 is 11.5 Å². The average molecular weight is 269 g/mol. The van der Waals surface area contributed by atoms with Gasteiger partial charge in [-0.1, -0.05) is 17.5 Å². The highest BCUT2D eigenvalue weighted by Gasteiger charge is 2.14. The van der Waals surface area contributed by atoms with Crippen LogP contribution < -0.4 is 5.32 Å². The molecule has 18 heavy (non-hydrogen) atoms. The van der Waals surface area contributed by atoms with Gasteiger partial charge in [0.1, 0.15) is 0 Å². The van der Waals surface area contributed by atoms with E-state index in [4.69, 9.17) is 0 Å². The topological polar surface area (TPSA) is 37.8 Å². The SMILES string of the molecule is CCNC(Cc1ccc(F)c(F)c1)c1cnns1. The standard InChI is InChI=1S/C12H13F2N3S/c1-2-15-11(12-7-16-17-18-12)6-8-3-4-9(13)10(14)5-8/h3-5,7,11,15H,2,6H2,1H3. The Morgan fingerprint density at radius 1 is 1.33 bits per heavy atom. The molecule has 0 aliphatic heterocycles. The third kappa shape index (κ3) is 3.08. The average Bonchev–Trinajstić information content (AvgIpc) is 2.87. The lowest BCUT2D eigenvalue weighted by Gasteiger charge is -2.15. The Labute approximate surface area is 108 Å². The van der Waals surface area contributed by atoms with Crippen LogP contribution in [0.25, 0.3) is 0 Å². The van der Waals surface area contributed by atoms with Crippen molar-refractivity contribution in [1.29, 1.82) is 0 Å². The zero-order valence-corrected chi connectivity index (χ0v) is 10.7. The van der Waals surface area contributed by atoms with Crippen molar-refractivity contribution in [2.45, 2.75) is 19.4 Å². The summed E-state index contributed by atoms with van der Waals surface area (Å²) in [6.45, 7) is 2.78. The summed E-state index contributed by atoms with van der Waals surface area (Å²) in [5.74, 6) is -1.64. The first-order valence-corrected chi connectivity index (χ1v) is 6.42. The predicted octanol–water partition coefficient (Wildman–Crippen LogP) is 2.71. The molecule has 6 heteroatoms. The zero-order valence-electron chi connectivity index (χ0n) is 9.86. The number of rotatable bonds is 5. The molecule has 1 aromatic carbocycles. The third-order valence-electron chi connectivity index (χ3n) is 2.60. The number of hydrogen-bond acceptors (Lipinski definition) is 4. The van der Waals surface area contributed by atoms with E-state index in [2.05, 4.69) is 14.9 Å². The van der Waals surface area contributed by atoms with Crippen molar-refractivity contribution < 1.29 is 8.78 Å². The Morgan fingerprint density at radius 3 is 2.78 bits per heavy atom. The van der Waals surface area contributed by atoms with Crippen molar-refractivity contribution in [2.24, 2.45) is 0 Å². The smallest absolute Gasteiger partial charge is 0.159 e. The summed E-state index contributed by atoms with van der Waals surface area (Å²) in [6, 6.07) is 4.00. The number of nitrogens with one attached hydrogen (secondary N) is 1. The molecule has 0 bridgehead atoms. The van der Waals surface area contributed by atoms with E-state index in [9.17, 15) is 8.78 Å². The minimum Gasteiger partial charge on any atom is -0.309 e. The molecule has 0 saturated carbocycles. The van der Waals surface area contributed by atoms with Crippen molar-refractivity contribution in [2.75, 3.05) is 6.54 Å². The van der Waals surface area contributed by atoms with Gasteiger partial charge in [0.2, 0.25) is 0 Å². The number of likely N-dealkylation sites (N-methyl/N-ethyl adjacent to an activating group) is 1. The largest absolute Gasteiger partial charge is 0.309 e. The summed E-state index contributed by atoms with van der Waals surface area (Å²) >= 11 is 1.31. The maximum Gasteiger partial charge on any atom is 0.159 e. The molecule has 1 heterocycles. The quantitative estimate of drug-likeness (QED) is 0.907. The number of benzene rings is 1. The molecule has 0 radical (unpaired) electrons. The molecule has 1 atom stereocenters. The van der Waals surface area contributed by atoms with Crippen LogP contribution in [-0.4, -0.2) is 16.1 Å². The maximum absolute atomic E-state index is 13.1. The lowest BCUT2D eigenvalue weighted by atomic mass is 10.0. The van der Waals surface area contributed by atoms with Gasteiger partial charge in [-0.05, 0) is 42.2 Å². The molecule has 0 fully saturated rings. The van der Waals surface area contributed by atoms with Gasteiger partial charge in [0, 0.05) is 6.04 Å². The van der Waals surface area contributed by atoms with E-state index in [1.165, 1.54) is 17.6 Å². The first-order valence-electron chi connectivity index (χ1n) is 5.65. The summed E-state index contributed by atoms with van der Waals surface area (Å²) < 4.78 is 29.8. The first-order chi connectivity index (χ1) is 8.70. The molecule has 1 aromatic heterocycles. The second-order valence-corrected chi connectivity index (χ2v) is 4.70. The van der Waals surface area contributed by atoms with Crippen LogP contribution in [0, 0.1) is 11.6 Å². The van der Waals surface area contributed by atoms with Crippen LogP contribution >= 0.6 is 11.5 Å². The lowest BCUT2D eigenvalue weighted by Crippen LogP contribution is -2.22. The van der Waals surface area contributed by atoms with Crippen LogP contribution in [0.15, 0.2) is 24.4 Å². The van der Waals surface area contributed by atoms with Crippen molar-refractivity contribution in [3.8, 4) is 0 Å². The Balaban J connectivity index is 2.16. The summed E-state index contributed by atoms with van der Waals surface area (Å²) in [6.07, 6.45) is 2.27. The number of aromatic nitrogens is 2. The van der Waals surface area contributed by atoms with E-state index in [1.54, 1.807) is 12.3 Å². The molecule has 1 unspecified atom stereocenters. The van der Waals surface area contributed by atoms with E-state index in [0.717, 1.165) is 23.1 Å². The van der Waals surface area contributed by atoms with E-state index >= 15 is 0 Å². The Hall–Kier alpha value is -1.40. The van der Waals surface area contributed by atoms with Crippen LogP contribution in [0.2, 0.25) is 0 Å². The van der Waals surface area contributed by atoms with Gasteiger partial charge in [-0.15, -0.1) is 5.10 Å². The second kappa shape index (κ2) is 5.97. The van der Waals surface area contributed by atoms with Gasteiger partial charge in [-0.3, -0.25) is 0 Å². The summed E-state index contributed by atoms with van der Waals surface area (Å²) in [5.41, 5.74) is 0.744. The van der Waals surface area contributed by atoms with Crippen LogP contribution in [0.5, 0.6) is 0 Å². The molecule has 2 aromatic rings. The van der Waals surface area contributed by atoms with E-state index in [-0.39, 0.29) is 6.04 Å². The van der Waals surface area contributed by atoms with E-state index < -0.39 is 11.6 Å². The summed E-state index contributed by atoms with van der Waals surface area (Å²) in [7, 11) is 0. The van der Waals surface area contributed by atoms with E-state index in [0.29, 0.717) is 6.42 Å². The highest BCUT2D eigenvalue weighted by molar-refractivity contribution is 7.05. The van der Waals surface area contributed by atoms with Crippen molar-refractivity contribution in [3.05, 3.63) is 46.5 Å². The molecular formula is C12H13F2N3S. The van der Waals surface area contributed by atoms with Gasteiger partial charge >= 0.3 is 0 Å². The Bertz CT molecular complexity index is 502. The molecular weight excluding hydrogens is 256 g/mol. The highest BCUT2D eigenvalue weighted by atomic mass is 32.1. The van der Waals surface area contributed by atoms with Gasteiger partial charge in [0.05, 0.1) is 11.1 Å². The van der Waals surface area contributed by atoms with Gasteiger partial charge in [-0.2, -0.15) is 0 Å². The molecule has 1 N–H and O–H groups in total. The summed E-state index contributed by atoms with van der Waals surface area (Å²) in [4.78, 5) is 0.988. The van der Waals surface area contributed by atoms with Crippen LogP contribution in [0.3, 0.4) is 0 Å². The fourth-order valence-corrected chi connectivity index (χ4v) is 2.33. The predicted molar refractivity (Wildman–Crippen MR) is 66.4 cm³/mol. The lowest BCUT2D eigenvalue weighted by molar-refractivity contribution is 0.503. The number of hydrogen-bond donors (Lipinski definition) is 1. The fourth-order valence-electron chi connectivity index (χ4n) is 1.75. The molecule has 96 valence electrons. The molecule has 0 saturated heterocycles. The van der Waals surface area contributed by atoms with Gasteiger partial charge in [0.15, 0.2) is 11.6 Å². The van der Waals surface area contributed by atoms with Crippen LogP contribution in [0.4, 0.5) is 8.78 Å². The second-order valence-electron chi connectivity index (χ2n) is 3.88. The maximum atomic E-state index is 13.1. The van der Waals surface area contributed by atoms with Gasteiger partial charge in [0.25, 0.3) is 0 Å². The third-order valence-corrected chi connectivity index (χ3v) is 3.37. The molecule has 0 spiro atoms. The van der Waals surface area contributed by atoms with E-state index in [1.807, 2.05) is 6.92 Å². The normalized spacial score (nSPS) is 12.6. The fraction of sp³-hybridized carbons (Fsp3) is 0.333. The Morgan fingerprint density at radius 2 is 2.17 bits per heavy atom. The first kappa shape index (κ1) is 13.0. The van der Waals surface area contributed by atoms with Crippen molar-refractivity contribution in [3.63, 3.8) is 0 Å². The van der Waals surface area contributed by atoms with Gasteiger partial charge < -0.3 is 5.32 Å². The zero-order chi connectivity index (χ0) is 13.0. The minimum atomic E-state index is -0.821. The van der Waals surface area contributed by atoms with Crippen molar-refractivity contribution in [1.82, 2.24) is 14.9 Å². The molecule has 0 amide bonds. The minimum absolute atomic E-state index is 0.0276. The molecule has 0 aliphatic carbocycles. The van der Waals surface area contributed by atoms with Gasteiger partial charge in [-0.25, -0.2) is 8.78 Å².